The summed E-state index contributed by atoms with van der Waals surface area (Å²) >= 11 is 1.06. The molecular formula is C24H28NO5S+. The van der Waals surface area contributed by atoms with Crippen molar-refractivity contribution in [1.82, 2.24) is 0 Å². The summed E-state index contributed by atoms with van der Waals surface area (Å²) in [6.45, 7) is 5.19. The maximum atomic E-state index is 13.2. The second-order valence-corrected chi connectivity index (χ2v) is 9.34. The van der Waals surface area contributed by atoms with Crippen LogP contribution >= 0.6 is 11.8 Å². The quantitative estimate of drug-likeness (QED) is 0.612. The maximum Gasteiger partial charge on any atom is 0.521 e. The van der Waals surface area contributed by atoms with Crippen molar-refractivity contribution in [3.8, 4) is 11.5 Å². The summed E-state index contributed by atoms with van der Waals surface area (Å²) in [4.78, 5) is 36.8. The molecule has 4 atom stereocenters. The van der Waals surface area contributed by atoms with Gasteiger partial charge in [-0.3, -0.25) is 4.79 Å². The topological polar surface area (TPSA) is 80.7 Å². The normalized spacial score (nSPS) is 23.8. The number of imide groups is 1. The Labute approximate surface area is 186 Å². The molecule has 1 aliphatic rings. The van der Waals surface area contributed by atoms with Gasteiger partial charge in [-0.05, 0) is 43.7 Å². The first-order valence-corrected chi connectivity index (χ1v) is 11.3. The fourth-order valence-corrected chi connectivity index (χ4v) is 4.87. The lowest BCUT2D eigenvalue weighted by Gasteiger charge is -2.31. The number of quaternary nitrogens is 1. The van der Waals surface area contributed by atoms with Gasteiger partial charge in [-0.1, -0.05) is 42.1 Å². The molecule has 3 rings (SSSR count). The molecule has 1 fully saturated rings. The Bertz CT molecular complexity index is 946. The van der Waals surface area contributed by atoms with Crippen LogP contribution in [0.1, 0.15) is 38.7 Å². The summed E-state index contributed by atoms with van der Waals surface area (Å²) in [7, 11) is 0. The van der Waals surface area contributed by atoms with Gasteiger partial charge in [0.25, 0.3) is 0 Å². The molecule has 2 aromatic carbocycles. The fraction of sp³-hybridized carbons (Fsp3) is 0.375. The molecule has 2 amide bonds. The van der Waals surface area contributed by atoms with Crippen LogP contribution in [0.15, 0.2) is 54.6 Å². The van der Waals surface area contributed by atoms with Gasteiger partial charge in [0, 0.05) is 25.0 Å². The third-order valence-corrected chi connectivity index (χ3v) is 6.98. The van der Waals surface area contributed by atoms with Crippen molar-refractivity contribution in [2.45, 2.75) is 39.2 Å². The number of hydrogen-bond acceptors (Lipinski definition) is 5. The number of carbonyl (C=O) groups is 3. The molecule has 0 aliphatic carbocycles. The number of benzene rings is 2. The number of rotatable bonds is 6. The molecule has 31 heavy (non-hydrogen) atoms. The second kappa shape index (κ2) is 9.66. The minimum Gasteiger partial charge on any atom is -0.457 e. The van der Waals surface area contributed by atoms with Crippen LogP contribution in [0.3, 0.4) is 0 Å². The van der Waals surface area contributed by atoms with Gasteiger partial charge < -0.3 is 9.84 Å². The maximum absolute atomic E-state index is 13.2. The zero-order valence-electron chi connectivity index (χ0n) is 18.0. The van der Waals surface area contributed by atoms with Gasteiger partial charge >= 0.3 is 12.0 Å². The molecule has 2 unspecified atom stereocenters. The predicted octanol–water partition coefficient (Wildman–Crippen LogP) is 5.29. The first-order chi connectivity index (χ1) is 14.7. The Hall–Kier alpha value is -2.64. The largest absolute Gasteiger partial charge is 0.521 e. The number of carbonyl (C=O) groups excluding carboxylic acids is 2. The number of para-hydroxylation sites is 1. The number of nitrogens with zero attached hydrogens (tertiary/aromatic N) is 1. The van der Waals surface area contributed by atoms with Crippen molar-refractivity contribution in [1.29, 1.82) is 0 Å². The Morgan fingerprint density at radius 1 is 1.10 bits per heavy atom. The highest BCUT2D eigenvalue weighted by Gasteiger charge is 2.57. The number of amides is 2. The molecule has 1 heterocycles. The van der Waals surface area contributed by atoms with Gasteiger partial charge in [0.15, 0.2) is 5.12 Å². The monoisotopic (exact) mass is 442 g/mol. The minimum absolute atomic E-state index is 0.0477. The van der Waals surface area contributed by atoms with Crippen molar-refractivity contribution in [3.63, 3.8) is 0 Å². The number of ether oxygens (including phenoxy) is 1. The first-order valence-electron chi connectivity index (χ1n) is 10.4. The number of carboxylic acid groups (broad SMARTS) is 1. The summed E-state index contributed by atoms with van der Waals surface area (Å²) in [5.41, 5.74) is 0.993. The van der Waals surface area contributed by atoms with Gasteiger partial charge in [0.05, 0.1) is 5.92 Å². The zero-order chi connectivity index (χ0) is 22.6. The average Bonchev–Trinajstić information content (AvgIpc) is 3.11. The molecule has 2 aromatic rings. The molecule has 7 heteroatoms. The summed E-state index contributed by atoms with van der Waals surface area (Å²) in [6.07, 6.45) is -0.521. The molecule has 1 saturated heterocycles. The molecule has 0 aromatic heterocycles. The summed E-state index contributed by atoms with van der Waals surface area (Å²) in [5, 5.41) is 9.98. The van der Waals surface area contributed by atoms with Gasteiger partial charge in [-0.25, -0.2) is 4.79 Å². The van der Waals surface area contributed by atoms with E-state index in [-0.39, 0.29) is 29.5 Å². The van der Waals surface area contributed by atoms with Crippen molar-refractivity contribution in [3.05, 3.63) is 60.2 Å². The van der Waals surface area contributed by atoms with Gasteiger partial charge in [-0.15, -0.1) is 0 Å². The summed E-state index contributed by atoms with van der Waals surface area (Å²) in [6, 6.07) is 16.8. The van der Waals surface area contributed by atoms with E-state index in [1.165, 1.54) is 6.92 Å². The van der Waals surface area contributed by atoms with Crippen molar-refractivity contribution in [2.75, 3.05) is 12.3 Å². The highest BCUT2D eigenvalue weighted by molar-refractivity contribution is 8.13. The van der Waals surface area contributed by atoms with Crippen LogP contribution in [0.5, 0.6) is 11.5 Å². The van der Waals surface area contributed by atoms with Crippen LogP contribution in [-0.2, 0) is 9.59 Å². The molecule has 1 aliphatic heterocycles. The lowest BCUT2D eigenvalue weighted by molar-refractivity contribution is -0.794. The number of thioether (sulfide) groups is 1. The van der Waals surface area contributed by atoms with E-state index in [0.717, 1.165) is 23.1 Å². The van der Waals surface area contributed by atoms with Crippen LogP contribution in [0.4, 0.5) is 4.79 Å². The highest BCUT2D eigenvalue weighted by Crippen LogP contribution is 2.40. The first kappa shape index (κ1) is 23.0. The van der Waals surface area contributed by atoms with Crippen molar-refractivity contribution >= 4 is 28.9 Å². The second-order valence-electron chi connectivity index (χ2n) is 8.14. The predicted molar refractivity (Wildman–Crippen MR) is 120 cm³/mol. The van der Waals surface area contributed by atoms with Crippen molar-refractivity contribution < 1.29 is 28.7 Å². The molecule has 0 bridgehead atoms. The molecule has 1 N–H and O–H groups in total. The Morgan fingerprint density at radius 3 is 2.29 bits per heavy atom. The van der Waals surface area contributed by atoms with E-state index in [9.17, 15) is 19.5 Å². The summed E-state index contributed by atoms with van der Waals surface area (Å²) in [5.74, 6) is 0.839. The molecule has 164 valence electrons. The average molecular weight is 443 g/mol. The lowest BCUT2D eigenvalue weighted by atomic mass is 9.97. The zero-order valence-corrected chi connectivity index (χ0v) is 18.8. The van der Waals surface area contributed by atoms with E-state index in [1.807, 2.05) is 61.5 Å². The van der Waals surface area contributed by atoms with E-state index in [1.54, 1.807) is 6.92 Å². The smallest absolute Gasteiger partial charge is 0.457 e. The number of hydrogen-bond donors (Lipinski definition) is 1. The summed E-state index contributed by atoms with van der Waals surface area (Å²) < 4.78 is 5.24. The SMILES string of the molecule is CC(=O)SCC(C)C(=O)[N@+]1(C(=O)O)C[C@@H](c2ccc(Oc3ccccc3)cc2)CC1C. The Balaban J connectivity index is 1.76. The molecule has 0 spiro atoms. The molecule has 0 saturated carbocycles. The lowest BCUT2D eigenvalue weighted by Crippen LogP contribution is -2.60. The van der Waals surface area contributed by atoms with E-state index >= 15 is 0 Å². The van der Waals surface area contributed by atoms with Crippen LogP contribution in [-0.4, -0.2) is 45.0 Å². The van der Waals surface area contributed by atoms with Gasteiger partial charge in [0.2, 0.25) is 0 Å². The molecule has 0 radical (unpaired) electrons. The van der Waals surface area contributed by atoms with Crippen molar-refractivity contribution in [2.24, 2.45) is 5.92 Å². The Kier molecular flexibility index (Phi) is 7.18. The van der Waals surface area contributed by atoms with E-state index < -0.39 is 16.5 Å². The van der Waals surface area contributed by atoms with E-state index in [0.29, 0.717) is 17.9 Å². The van der Waals surface area contributed by atoms with Crippen LogP contribution in [0.25, 0.3) is 0 Å². The van der Waals surface area contributed by atoms with Crippen LogP contribution in [0, 0.1) is 5.92 Å². The van der Waals surface area contributed by atoms with Gasteiger partial charge in [0.1, 0.15) is 24.1 Å². The standard InChI is InChI=1S/C24H27NO5S/c1-16(15-31-18(3)26)23(27)25(24(28)29)14-20(13-17(25)2)19-9-11-22(12-10-19)30-21-7-5-4-6-8-21/h4-12,16-17,20H,13-15H2,1-3H3/p+1/t16?,17?,20-,25-/m0/s1. The third-order valence-electron chi connectivity index (χ3n) is 5.91. The Morgan fingerprint density at radius 2 is 1.71 bits per heavy atom. The van der Waals surface area contributed by atoms with Crippen LogP contribution < -0.4 is 4.74 Å². The third kappa shape index (κ3) is 4.99. The van der Waals surface area contributed by atoms with E-state index in [4.69, 9.17) is 4.74 Å². The van der Waals surface area contributed by atoms with Crippen LogP contribution in [0.2, 0.25) is 0 Å². The molecular weight excluding hydrogens is 414 g/mol. The van der Waals surface area contributed by atoms with E-state index in [2.05, 4.69) is 0 Å². The molecule has 6 nitrogen and oxygen atoms in total. The highest BCUT2D eigenvalue weighted by atomic mass is 32.2. The van der Waals surface area contributed by atoms with Gasteiger partial charge in [-0.2, -0.15) is 9.28 Å². The number of likely N-dealkylation sites (tertiary alicyclic amines) is 1. The fourth-order valence-electron chi connectivity index (χ4n) is 4.24. The minimum atomic E-state index is -1.12.